The number of amides is 3. The van der Waals surface area contributed by atoms with Crippen molar-refractivity contribution in [2.45, 2.75) is 32.4 Å². The number of nitrogens with zero attached hydrogens (tertiary/aromatic N) is 2. The van der Waals surface area contributed by atoms with Crippen LogP contribution in [0.2, 0.25) is 0 Å². The maximum Gasteiger partial charge on any atom is 0.323 e. The number of rotatable bonds is 7. The van der Waals surface area contributed by atoms with E-state index in [9.17, 15) is 14.7 Å². The van der Waals surface area contributed by atoms with Gasteiger partial charge in [-0.3, -0.25) is 4.79 Å². The molecule has 0 aromatic heterocycles. The minimum absolute atomic E-state index is 0.0503. The Morgan fingerprint density at radius 2 is 1.86 bits per heavy atom. The summed E-state index contributed by atoms with van der Waals surface area (Å²) in [6.07, 6.45) is -0.0447. The second kappa shape index (κ2) is 11.9. The van der Waals surface area contributed by atoms with Crippen LogP contribution in [0.3, 0.4) is 0 Å². The summed E-state index contributed by atoms with van der Waals surface area (Å²) in [4.78, 5) is 29.6. The summed E-state index contributed by atoms with van der Waals surface area (Å²) in [6.45, 7) is 4.95. The number of carbonyl (C=O) groups excluding carboxylic acids is 2. The Kier molecular flexibility index (Phi) is 8.95. The van der Waals surface area contributed by atoms with Gasteiger partial charge in [0.1, 0.15) is 17.6 Å². The molecule has 3 N–H and O–H groups in total. The van der Waals surface area contributed by atoms with Crippen LogP contribution in [0.1, 0.15) is 19.4 Å². The Labute approximate surface area is 207 Å². The Bertz CT molecular complexity index is 1010. The molecule has 0 radical (unpaired) electrons. The number of fused-ring (bicyclic) bond motifs is 1. The van der Waals surface area contributed by atoms with Crippen molar-refractivity contribution in [3.8, 4) is 11.5 Å². The first-order chi connectivity index (χ1) is 16.7. The SMILES string of the molecule is COc1ccc(NC(=O)Nc2ccc3c(c2)CC(=O)N([C@@H](C)CO)C[C@H](C)[C@@H](CN(C)C)O3)cc1. The van der Waals surface area contributed by atoms with Crippen molar-refractivity contribution in [2.75, 3.05) is 51.5 Å². The highest BCUT2D eigenvalue weighted by atomic mass is 16.5. The van der Waals surface area contributed by atoms with Gasteiger partial charge in [-0.25, -0.2) is 4.79 Å². The predicted molar refractivity (Wildman–Crippen MR) is 136 cm³/mol. The Balaban J connectivity index is 1.83. The van der Waals surface area contributed by atoms with Gasteiger partial charge < -0.3 is 35.0 Å². The van der Waals surface area contributed by atoms with Gasteiger partial charge in [0.25, 0.3) is 0 Å². The number of ether oxygens (including phenoxy) is 2. The molecule has 2 aromatic carbocycles. The van der Waals surface area contributed by atoms with Crippen molar-refractivity contribution in [3.05, 3.63) is 48.0 Å². The number of urea groups is 1. The molecule has 9 heteroatoms. The van der Waals surface area contributed by atoms with Crippen LogP contribution in [0, 0.1) is 5.92 Å². The maximum absolute atomic E-state index is 13.2. The molecule has 0 saturated carbocycles. The van der Waals surface area contributed by atoms with Crippen LogP contribution >= 0.6 is 0 Å². The zero-order chi connectivity index (χ0) is 25.5. The highest BCUT2D eigenvalue weighted by Crippen LogP contribution is 2.29. The average Bonchev–Trinajstić information content (AvgIpc) is 2.86. The molecular weight excluding hydrogens is 448 g/mol. The number of benzene rings is 2. The van der Waals surface area contributed by atoms with Gasteiger partial charge in [-0.1, -0.05) is 6.92 Å². The lowest BCUT2D eigenvalue weighted by atomic mass is 10.0. The van der Waals surface area contributed by atoms with Gasteiger partial charge in [-0.15, -0.1) is 0 Å². The van der Waals surface area contributed by atoms with E-state index in [4.69, 9.17) is 9.47 Å². The van der Waals surface area contributed by atoms with Crippen molar-refractivity contribution in [1.82, 2.24) is 9.80 Å². The van der Waals surface area contributed by atoms with Crippen molar-refractivity contribution < 1.29 is 24.2 Å². The van der Waals surface area contributed by atoms with Gasteiger partial charge in [0.05, 0.1) is 26.2 Å². The molecule has 0 aliphatic carbocycles. The van der Waals surface area contributed by atoms with Gasteiger partial charge >= 0.3 is 6.03 Å². The normalized spacial score (nSPS) is 19.1. The van der Waals surface area contributed by atoms with E-state index in [2.05, 4.69) is 22.5 Å². The van der Waals surface area contributed by atoms with E-state index >= 15 is 0 Å². The van der Waals surface area contributed by atoms with E-state index in [1.165, 1.54) is 0 Å². The van der Waals surface area contributed by atoms with Crippen LogP contribution in [0.15, 0.2) is 42.5 Å². The number of anilines is 2. The summed E-state index contributed by atoms with van der Waals surface area (Å²) in [5.74, 6) is 1.28. The molecule has 9 nitrogen and oxygen atoms in total. The topological polar surface area (TPSA) is 103 Å². The molecule has 0 bridgehead atoms. The Hall–Kier alpha value is -3.30. The number of hydrogen-bond donors (Lipinski definition) is 3. The minimum Gasteiger partial charge on any atom is -0.497 e. The van der Waals surface area contributed by atoms with E-state index < -0.39 is 6.03 Å². The number of methoxy groups -OCH3 is 1. The second-order valence-corrected chi connectivity index (χ2v) is 9.28. The number of aliphatic hydroxyl groups excluding tert-OH is 1. The molecule has 3 rings (SSSR count). The molecule has 190 valence electrons. The number of likely N-dealkylation sites (N-methyl/N-ethyl adjacent to an activating group) is 1. The van der Waals surface area contributed by atoms with Crippen molar-refractivity contribution in [2.24, 2.45) is 5.92 Å². The second-order valence-electron chi connectivity index (χ2n) is 9.28. The molecule has 1 heterocycles. The first kappa shape index (κ1) is 26.3. The number of hydrogen-bond acceptors (Lipinski definition) is 6. The molecular formula is C26H36N4O5. The molecule has 1 aliphatic rings. The summed E-state index contributed by atoms with van der Waals surface area (Å²) >= 11 is 0. The van der Waals surface area contributed by atoms with Crippen LogP contribution in [-0.4, -0.2) is 79.9 Å². The molecule has 2 aromatic rings. The fourth-order valence-corrected chi connectivity index (χ4v) is 4.05. The number of carbonyl (C=O) groups is 2. The third-order valence-electron chi connectivity index (χ3n) is 6.07. The lowest BCUT2D eigenvalue weighted by Gasteiger charge is -2.33. The minimum atomic E-state index is -0.403. The predicted octanol–water partition coefficient (Wildman–Crippen LogP) is 3.05. The van der Waals surface area contributed by atoms with Crippen molar-refractivity contribution in [3.63, 3.8) is 0 Å². The lowest BCUT2D eigenvalue weighted by Crippen LogP contribution is -2.47. The molecule has 0 spiro atoms. The molecule has 0 unspecified atom stereocenters. The zero-order valence-electron chi connectivity index (χ0n) is 21.1. The van der Waals surface area contributed by atoms with Crippen LogP contribution in [0.4, 0.5) is 16.2 Å². The van der Waals surface area contributed by atoms with Crippen LogP contribution in [0.5, 0.6) is 11.5 Å². The first-order valence-electron chi connectivity index (χ1n) is 11.8. The largest absolute Gasteiger partial charge is 0.497 e. The molecule has 3 atom stereocenters. The fourth-order valence-electron chi connectivity index (χ4n) is 4.05. The third kappa shape index (κ3) is 7.10. The lowest BCUT2D eigenvalue weighted by molar-refractivity contribution is -0.134. The van der Waals surface area contributed by atoms with E-state index in [0.717, 1.165) is 0 Å². The Morgan fingerprint density at radius 1 is 1.20 bits per heavy atom. The van der Waals surface area contributed by atoms with E-state index in [-0.39, 0.29) is 37.0 Å². The summed E-state index contributed by atoms with van der Waals surface area (Å²) in [5.41, 5.74) is 1.85. The fraction of sp³-hybridized carbons (Fsp3) is 0.462. The molecule has 3 amide bonds. The number of aliphatic hydroxyl groups is 1. The van der Waals surface area contributed by atoms with Gasteiger partial charge in [-0.2, -0.15) is 0 Å². The average molecular weight is 485 g/mol. The first-order valence-corrected chi connectivity index (χ1v) is 11.8. The van der Waals surface area contributed by atoms with Gasteiger partial charge in [-0.05, 0) is 63.5 Å². The van der Waals surface area contributed by atoms with E-state index in [1.807, 2.05) is 21.0 Å². The maximum atomic E-state index is 13.2. The summed E-state index contributed by atoms with van der Waals surface area (Å²) in [7, 11) is 5.55. The quantitative estimate of drug-likeness (QED) is 0.558. The highest BCUT2D eigenvalue weighted by Gasteiger charge is 2.30. The van der Waals surface area contributed by atoms with Gasteiger partial charge in [0.2, 0.25) is 5.91 Å². The van der Waals surface area contributed by atoms with E-state index in [1.54, 1.807) is 54.5 Å². The Morgan fingerprint density at radius 3 is 2.49 bits per heavy atom. The zero-order valence-corrected chi connectivity index (χ0v) is 21.1. The standard InChI is InChI=1S/C26H36N4O5/c1-17-14-30(18(2)16-31)25(32)13-19-12-21(8-11-23(19)35-24(17)15-29(3)4)28-26(33)27-20-6-9-22(34-5)10-7-20/h6-12,17-18,24,31H,13-16H2,1-5H3,(H2,27,28,33)/t17-,18-,24+/m0/s1. The van der Waals surface area contributed by atoms with Crippen LogP contribution < -0.4 is 20.1 Å². The highest BCUT2D eigenvalue weighted by molar-refractivity contribution is 6.00. The molecule has 0 saturated heterocycles. The summed E-state index contributed by atoms with van der Waals surface area (Å²) < 4.78 is 11.5. The van der Waals surface area contributed by atoms with Crippen molar-refractivity contribution >= 4 is 23.3 Å². The number of nitrogens with one attached hydrogen (secondary N) is 2. The van der Waals surface area contributed by atoms with E-state index in [0.29, 0.717) is 41.5 Å². The van der Waals surface area contributed by atoms with Gasteiger partial charge in [0, 0.05) is 35.9 Å². The third-order valence-corrected chi connectivity index (χ3v) is 6.07. The molecule has 35 heavy (non-hydrogen) atoms. The smallest absolute Gasteiger partial charge is 0.323 e. The van der Waals surface area contributed by atoms with Gasteiger partial charge in [0.15, 0.2) is 0 Å². The van der Waals surface area contributed by atoms with Crippen LogP contribution in [-0.2, 0) is 11.2 Å². The summed E-state index contributed by atoms with van der Waals surface area (Å²) in [5, 5.41) is 15.3. The van der Waals surface area contributed by atoms with Crippen molar-refractivity contribution in [1.29, 1.82) is 0 Å². The summed E-state index contributed by atoms with van der Waals surface area (Å²) in [6, 6.07) is 11.6. The molecule has 0 fully saturated rings. The monoisotopic (exact) mass is 484 g/mol. The van der Waals surface area contributed by atoms with Crippen LogP contribution in [0.25, 0.3) is 0 Å². The molecule has 1 aliphatic heterocycles.